The topological polar surface area (TPSA) is 88.5 Å². The maximum absolute atomic E-state index is 12.7. The molecule has 1 amide bonds. The molecule has 0 aliphatic heterocycles. The molecule has 1 heterocycles. The van der Waals surface area contributed by atoms with E-state index in [1.54, 1.807) is 26.0 Å². The average Bonchev–Trinajstić information content (AvgIpc) is 2.65. The normalized spacial score (nSPS) is 11.8. The number of halogens is 2. The van der Waals surface area contributed by atoms with Crippen LogP contribution >= 0.6 is 11.8 Å². The Morgan fingerprint density at radius 1 is 1.17 bits per heavy atom. The molecule has 0 spiro atoms. The lowest BCUT2D eigenvalue weighted by atomic mass is 10.3. The van der Waals surface area contributed by atoms with Crippen molar-refractivity contribution >= 4 is 33.4 Å². The molecule has 0 unspecified atom stereocenters. The van der Waals surface area contributed by atoms with Gasteiger partial charge in [0.15, 0.2) is 0 Å². The van der Waals surface area contributed by atoms with Crippen LogP contribution in [0.4, 0.5) is 14.5 Å². The van der Waals surface area contributed by atoms with Crippen molar-refractivity contribution in [3.8, 4) is 0 Å². The number of thioether (sulfide) groups is 1. The van der Waals surface area contributed by atoms with Gasteiger partial charge in [0.2, 0.25) is 15.9 Å². The van der Waals surface area contributed by atoms with E-state index in [9.17, 15) is 26.8 Å². The first-order valence-electron chi connectivity index (χ1n) is 8.73. The Kier molecular flexibility index (Phi) is 7.94. The maximum Gasteiger partial charge on any atom is 0.288 e. The standard InChI is InChI=1S/C18H21F2N3O4S2/c1-3-23(4-2)29(26,27)13-9-10-17(25)22(11-13)12-16(24)21-14-7-5-6-8-15(14)28-18(19)20/h5-11,18H,3-4,12H2,1-2H3,(H,21,24). The average molecular weight is 446 g/mol. The number of sulfonamides is 1. The number of carbonyl (C=O) groups is 1. The maximum atomic E-state index is 12.7. The van der Waals surface area contributed by atoms with Crippen LogP contribution in [0.1, 0.15) is 13.8 Å². The van der Waals surface area contributed by atoms with Crippen LogP contribution < -0.4 is 10.9 Å². The van der Waals surface area contributed by atoms with Crippen LogP contribution in [-0.2, 0) is 21.4 Å². The Morgan fingerprint density at radius 2 is 1.83 bits per heavy atom. The molecule has 1 aromatic carbocycles. The van der Waals surface area contributed by atoms with Crippen molar-refractivity contribution in [2.24, 2.45) is 0 Å². The van der Waals surface area contributed by atoms with Crippen molar-refractivity contribution in [1.82, 2.24) is 8.87 Å². The van der Waals surface area contributed by atoms with E-state index in [-0.39, 0.29) is 40.3 Å². The van der Waals surface area contributed by atoms with Gasteiger partial charge < -0.3 is 9.88 Å². The molecule has 0 saturated heterocycles. The molecule has 1 aromatic heterocycles. The molecular formula is C18H21F2N3O4S2. The van der Waals surface area contributed by atoms with Gasteiger partial charge in [-0.3, -0.25) is 9.59 Å². The number of rotatable bonds is 9. The first-order chi connectivity index (χ1) is 13.7. The highest BCUT2D eigenvalue weighted by Gasteiger charge is 2.22. The molecule has 0 saturated carbocycles. The first-order valence-corrected chi connectivity index (χ1v) is 11.0. The predicted molar refractivity (Wildman–Crippen MR) is 108 cm³/mol. The summed E-state index contributed by atoms with van der Waals surface area (Å²) < 4.78 is 52.8. The van der Waals surface area contributed by atoms with Crippen LogP contribution in [-0.4, -0.2) is 42.0 Å². The van der Waals surface area contributed by atoms with Crippen LogP contribution in [0.3, 0.4) is 0 Å². The molecule has 0 radical (unpaired) electrons. The number of nitrogens with zero attached hydrogens (tertiary/aromatic N) is 2. The largest absolute Gasteiger partial charge is 0.324 e. The molecule has 11 heteroatoms. The number of nitrogens with one attached hydrogen (secondary N) is 1. The Hall–Kier alpha value is -2.24. The van der Waals surface area contributed by atoms with Crippen LogP contribution in [0, 0.1) is 0 Å². The van der Waals surface area contributed by atoms with E-state index < -0.39 is 33.8 Å². The SMILES string of the molecule is CCN(CC)S(=O)(=O)c1ccc(=O)n(CC(=O)Nc2ccccc2SC(F)F)c1. The molecule has 0 aliphatic carbocycles. The fourth-order valence-corrected chi connectivity index (χ4v) is 4.68. The zero-order valence-corrected chi connectivity index (χ0v) is 17.5. The number of anilines is 1. The molecule has 0 bridgehead atoms. The summed E-state index contributed by atoms with van der Waals surface area (Å²) in [6.07, 6.45) is 1.11. The van der Waals surface area contributed by atoms with Crippen LogP contribution in [0.2, 0.25) is 0 Å². The lowest BCUT2D eigenvalue weighted by Crippen LogP contribution is -2.33. The summed E-state index contributed by atoms with van der Waals surface area (Å²) in [5.41, 5.74) is -0.378. The van der Waals surface area contributed by atoms with Gasteiger partial charge in [0.25, 0.3) is 11.3 Å². The van der Waals surface area contributed by atoms with Crippen LogP contribution in [0.25, 0.3) is 0 Å². The highest BCUT2D eigenvalue weighted by molar-refractivity contribution is 7.99. The van der Waals surface area contributed by atoms with Gasteiger partial charge in [0.05, 0.1) is 10.6 Å². The highest BCUT2D eigenvalue weighted by atomic mass is 32.2. The van der Waals surface area contributed by atoms with Crippen molar-refractivity contribution in [2.45, 2.75) is 35.9 Å². The summed E-state index contributed by atoms with van der Waals surface area (Å²) in [6, 6.07) is 8.31. The number of carbonyl (C=O) groups excluding carboxylic acids is 1. The summed E-state index contributed by atoms with van der Waals surface area (Å²) in [7, 11) is -3.80. The monoisotopic (exact) mass is 445 g/mol. The number of pyridine rings is 1. The molecule has 7 nitrogen and oxygen atoms in total. The minimum absolute atomic E-state index is 0.109. The lowest BCUT2D eigenvalue weighted by molar-refractivity contribution is -0.116. The smallest absolute Gasteiger partial charge is 0.288 e. The number of hydrogen-bond donors (Lipinski definition) is 1. The number of para-hydroxylation sites is 1. The Balaban J connectivity index is 2.25. The van der Waals surface area contributed by atoms with E-state index in [1.165, 1.54) is 22.5 Å². The van der Waals surface area contributed by atoms with E-state index in [4.69, 9.17) is 0 Å². The van der Waals surface area contributed by atoms with Crippen LogP contribution in [0.15, 0.2) is 57.2 Å². The summed E-state index contributed by atoms with van der Waals surface area (Å²) >= 11 is 0.289. The number of alkyl halides is 2. The summed E-state index contributed by atoms with van der Waals surface area (Å²) in [6.45, 7) is 3.45. The molecule has 0 aliphatic rings. The van der Waals surface area contributed by atoms with Crippen molar-refractivity contribution in [3.05, 3.63) is 52.9 Å². The Morgan fingerprint density at radius 3 is 2.45 bits per heavy atom. The molecule has 2 rings (SSSR count). The third-order valence-corrected chi connectivity index (χ3v) is 6.81. The molecule has 2 aromatic rings. The van der Waals surface area contributed by atoms with Gasteiger partial charge in [0.1, 0.15) is 6.54 Å². The molecule has 1 N–H and O–H groups in total. The second-order valence-corrected chi connectivity index (χ2v) is 8.81. The van der Waals surface area contributed by atoms with E-state index in [2.05, 4.69) is 5.32 Å². The van der Waals surface area contributed by atoms with Crippen molar-refractivity contribution in [2.75, 3.05) is 18.4 Å². The quantitative estimate of drug-likeness (QED) is 0.600. The zero-order chi connectivity index (χ0) is 21.6. The third-order valence-electron chi connectivity index (χ3n) is 3.99. The Bertz CT molecular complexity index is 1020. The van der Waals surface area contributed by atoms with Crippen molar-refractivity contribution < 1.29 is 22.0 Å². The Labute approximate surface area is 171 Å². The number of amides is 1. The van der Waals surface area contributed by atoms with Gasteiger partial charge in [0, 0.05) is 30.2 Å². The second-order valence-electron chi connectivity index (χ2n) is 5.84. The molecule has 29 heavy (non-hydrogen) atoms. The van der Waals surface area contributed by atoms with E-state index in [0.29, 0.717) is 0 Å². The molecule has 158 valence electrons. The van der Waals surface area contributed by atoms with Crippen molar-refractivity contribution in [1.29, 1.82) is 0 Å². The fraction of sp³-hybridized carbons (Fsp3) is 0.333. The van der Waals surface area contributed by atoms with Gasteiger partial charge in [-0.1, -0.05) is 37.7 Å². The minimum atomic E-state index is -3.80. The number of hydrogen-bond acceptors (Lipinski definition) is 5. The minimum Gasteiger partial charge on any atom is -0.324 e. The molecular weight excluding hydrogens is 424 g/mol. The predicted octanol–water partition coefficient (Wildman–Crippen LogP) is 2.83. The number of benzene rings is 1. The fourth-order valence-electron chi connectivity index (χ4n) is 2.61. The van der Waals surface area contributed by atoms with E-state index >= 15 is 0 Å². The van der Waals surface area contributed by atoms with Gasteiger partial charge in [-0.2, -0.15) is 13.1 Å². The summed E-state index contributed by atoms with van der Waals surface area (Å²) in [5, 5.41) is 2.48. The highest BCUT2D eigenvalue weighted by Crippen LogP contribution is 2.31. The molecule has 0 fully saturated rings. The first kappa shape index (κ1) is 23.0. The summed E-state index contributed by atoms with van der Waals surface area (Å²) in [4.78, 5) is 24.5. The second kappa shape index (κ2) is 9.99. The summed E-state index contributed by atoms with van der Waals surface area (Å²) in [5.74, 6) is -3.30. The lowest BCUT2D eigenvalue weighted by Gasteiger charge is -2.19. The van der Waals surface area contributed by atoms with Crippen LogP contribution in [0.5, 0.6) is 0 Å². The molecule has 0 atom stereocenters. The van der Waals surface area contributed by atoms with E-state index in [1.807, 2.05) is 0 Å². The van der Waals surface area contributed by atoms with Gasteiger partial charge in [-0.15, -0.1) is 0 Å². The van der Waals surface area contributed by atoms with Crippen molar-refractivity contribution in [3.63, 3.8) is 0 Å². The van der Waals surface area contributed by atoms with Gasteiger partial charge in [-0.25, -0.2) is 8.42 Å². The van der Waals surface area contributed by atoms with Gasteiger partial charge in [-0.05, 0) is 18.2 Å². The third kappa shape index (κ3) is 5.87. The number of aromatic nitrogens is 1. The van der Waals surface area contributed by atoms with Gasteiger partial charge >= 0.3 is 0 Å². The zero-order valence-electron chi connectivity index (χ0n) is 15.8. The van der Waals surface area contributed by atoms with E-state index in [0.717, 1.165) is 16.8 Å².